The highest BCUT2D eigenvalue weighted by molar-refractivity contribution is 6.16. The zero-order chi connectivity index (χ0) is 18.3. The van der Waals surface area contributed by atoms with E-state index in [1.54, 1.807) is 0 Å². The molecule has 3 rings (SSSR count). The van der Waals surface area contributed by atoms with Gasteiger partial charge < -0.3 is 20.4 Å². The number of aryl methyl sites for hydroxylation is 1. The summed E-state index contributed by atoms with van der Waals surface area (Å²) in [4.78, 5) is 23.0. The van der Waals surface area contributed by atoms with Crippen molar-refractivity contribution in [1.82, 2.24) is 0 Å². The number of hydrogen-bond acceptors (Lipinski definition) is 7. The van der Waals surface area contributed by atoms with Crippen LogP contribution >= 0.6 is 0 Å². The molecule has 4 N–H and O–H groups in total. The molecule has 1 aliphatic rings. The van der Waals surface area contributed by atoms with Crippen LogP contribution in [0.1, 0.15) is 27.9 Å². The fraction of sp³-hybridized carbons (Fsp3) is 0.118. The van der Waals surface area contributed by atoms with Crippen molar-refractivity contribution in [1.29, 1.82) is 0 Å². The van der Waals surface area contributed by atoms with E-state index in [1.807, 2.05) is 0 Å². The minimum absolute atomic E-state index is 0.249. The standard InChI is InChI=1S/C17H13NO7/c19-11-4-1-8(6-12(11)20)5-10-3-2-9-7-13(21)17(23)15(18(24)25)14(9)16(10)22/h1,4-7,19-21,23H,2-3H2. The lowest BCUT2D eigenvalue weighted by atomic mass is 9.84. The molecule has 0 bridgehead atoms. The number of nitro groups is 1. The summed E-state index contributed by atoms with van der Waals surface area (Å²) < 4.78 is 0. The second-order valence-electron chi connectivity index (χ2n) is 5.63. The summed E-state index contributed by atoms with van der Waals surface area (Å²) in [6.45, 7) is 0. The number of fused-ring (bicyclic) bond motifs is 1. The van der Waals surface area contributed by atoms with E-state index >= 15 is 0 Å². The number of nitrogens with zero attached hydrogens (tertiary/aromatic N) is 1. The second-order valence-corrected chi connectivity index (χ2v) is 5.63. The van der Waals surface area contributed by atoms with Gasteiger partial charge in [0.1, 0.15) is 5.56 Å². The zero-order valence-corrected chi connectivity index (χ0v) is 12.8. The number of phenols is 4. The molecule has 8 nitrogen and oxygen atoms in total. The van der Waals surface area contributed by atoms with Crippen LogP contribution in [0, 0.1) is 10.1 Å². The van der Waals surface area contributed by atoms with Crippen LogP contribution < -0.4 is 0 Å². The van der Waals surface area contributed by atoms with Gasteiger partial charge in [-0.3, -0.25) is 14.9 Å². The fourth-order valence-electron chi connectivity index (χ4n) is 2.84. The smallest absolute Gasteiger partial charge is 0.326 e. The summed E-state index contributed by atoms with van der Waals surface area (Å²) in [6, 6.07) is 5.15. The molecule has 2 aromatic carbocycles. The van der Waals surface area contributed by atoms with Crippen LogP contribution in [0.5, 0.6) is 23.0 Å². The van der Waals surface area contributed by atoms with Crippen LogP contribution in [0.3, 0.4) is 0 Å². The van der Waals surface area contributed by atoms with Crippen molar-refractivity contribution >= 4 is 17.5 Å². The Morgan fingerprint density at radius 1 is 1.00 bits per heavy atom. The van der Waals surface area contributed by atoms with Gasteiger partial charge in [0, 0.05) is 5.57 Å². The molecule has 25 heavy (non-hydrogen) atoms. The monoisotopic (exact) mass is 343 g/mol. The quantitative estimate of drug-likeness (QED) is 0.284. The normalized spacial score (nSPS) is 15.2. The van der Waals surface area contributed by atoms with Crippen LogP contribution in [0.4, 0.5) is 5.69 Å². The van der Waals surface area contributed by atoms with E-state index in [2.05, 4.69) is 0 Å². The lowest BCUT2D eigenvalue weighted by Gasteiger charge is -2.18. The van der Waals surface area contributed by atoms with E-state index in [1.165, 1.54) is 24.3 Å². The molecule has 0 aromatic heterocycles. The number of hydrogen-bond donors (Lipinski definition) is 4. The minimum atomic E-state index is -0.944. The van der Waals surface area contributed by atoms with E-state index in [0.717, 1.165) is 6.07 Å². The van der Waals surface area contributed by atoms with Crippen LogP contribution in [0.25, 0.3) is 6.08 Å². The number of ketones is 1. The molecule has 0 radical (unpaired) electrons. The average molecular weight is 343 g/mol. The van der Waals surface area contributed by atoms with Crippen molar-refractivity contribution in [2.24, 2.45) is 0 Å². The fourth-order valence-corrected chi connectivity index (χ4v) is 2.84. The molecule has 0 aliphatic heterocycles. The number of Topliss-reactive ketones (excluding diaryl/α,β-unsaturated/α-hetero) is 1. The molecule has 8 heteroatoms. The van der Waals surface area contributed by atoms with Crippen molar-refractivity contribution in [3.8, 4) is 23.0 Å². The Labute approximate surface area is 141 Å². The van der Waals surface area contributed by atoms with Crippen molar-refractivity contribution in [3.05, 3.63) is 56.6 Å². The maximum absolute atomic E-state index is 12.7. The largest absolute Gasteiger partial charge is 0.504 e. The van der Waals surface area contributed by atoms with Crippen LogP contribution in [-0.2, 0) is 6.42 Å². The van der Waals surface area contributed by atoms with Gasteiger partial charge in [0.05, 0.1) is 4.92 Å². The lowest BCUT2D eigenvalue weighted by Crippen LogP contribution is -2.16. The predicted octanol–water partition coefficient (Wildman–Crippen LogP) is 2.63. The Bertz CT molecular complexity index is 946. The first-order valence-corrected chi connectivity index (χ1v) is 7.29. The van der Waals surface area contributed by atoms with E-state index in [-0.39, 0.29) is 41.0 Å². The molecular formula is C17H13NO7. The van der Waals surface area contributed by atoms with Gasteiger partial charge in [-0.05, 0) is 48.2 Å². The molecule has 0 unspecified atom stereocenters. The van der Waals surface area contributed by atoms with Crippen molar-refractivity contribution in [3.63, 3.8) is 0 Å². The maximum Gasteiger partial charge on any atom is 0.326 e. The number of allylic oxidation sites excluding steroid dienone is 1. The molecule has 0 atom stereocenters. The highest BCUT2D eigenvalue weighted by Gasteiger charge is 2.35. The van der Waals surface area contributed by atoms with E-state index in [0.29, 0.717) is 5.56 Å². The third-order valence-electron chi connectivity index (χ3n) is 4.04. The third kappa shape index (κ3) is 2.74. The van der Waals surface area contributed by atoms with Gasteiger partial charge in [0.2, 0.25) is 5.75 Å². The highest BCUT2D eigenvalue weighted by atomic mass is 16.6. The molecule has 0 saturated heterocycles. The molecule has 0 spiro atoms. The number of carbonyl (C=O) groups is 1. The number of rotatable bonds is 2. The highest BCUT2D eigenvalue weighted by Crippen LogP contribution is 2.43. The van der Waals surface area contributed by atoms with Gasteiger partial charge in [-0.15, -0.1) is 0 Å². The number of nitro benzene ring substituents is 1. The number of phenolic OH excluding ortho intramolecular Hbond substituents is 4. The minimum Gasteiger partial charge on any atom is -0.504 e. The average Bonchev–Trinajstić information content (AvgIpc) is 2.55. The summed E-state index contributed by atoms with van der Waals surface area (Å²) in [7, 11) is 0. The van der Waals surface area contributed by atoms with E-state index in [4.69, 9.17) is 0 Å². The molecule has 0 saturated carbocycles. The Kier molecular flexibility index (Phi) is 3.80. The van der Waals surface area contributed by atoms with Crippen LogP contribution in [0.2, 0.25) is 0 Å². The van der Waals surface area contributed by atoms with E-state index in [9.17, 15) is 35.3 Å². The third-order valence-corrected chi connectivity index (χ3v) is 4.04. The van der Waals surface area contributed by atoms with Gasteiger partial charge >= 0.3 is 5.69 Å². The Hall–Kier alpha value is -3.55. The molecule has 0 heterocycles. The molecular weight excluding hydrogens is 330 g/mol. The maximum atomic E-state index is 12.7. The SMILES string of the molecule is O=C1C(=Cc2ccc(O)c(O)c2)CCc2cc(O)c(O)c([N+](=O)[O-])c21. The summed E-state index contributed by atoms with van der Waals surface area (Å²) >= 11 is 0. The molecule has 2 aromatic rings. The van der Waals surface area contributed by atoms with Crippen LogP contribution in [-0.4, -0.2) is 31.1 Å². The Morgan fingerprint density at radius 3 is 2.36 bits per heavy atom. The van der Waals surface area contributed by atoms with Crippen molar-refractivity contribution in [2.75, 3.05) is 0 Å². The molecule has 0 amide bonds. The molecule has 128 valence electrons. The first-order valence-electron chi connectivity index (χ1n) is 7.29. The number of benzene rings is 2. The van der Waals surface area contributed by atoms with Gasteiger partial charge in [-0.25, -0.2) is 0 Å². The molecule has 0 fully saturated rings. The second kappa shape index (κ2) is 5.82. The Morgan fingerprint density at radius 2 is 1.72 bits per heavy atom. The summed E-state index contributed by atoms with van der Waals surface area (Å²) in [6.07, 6.45) is 2.00. The first-order chi connectivity index (χ1) is 11.8. The Balaban J connectivity index is 2.12. The lowest BCUT2D eigenvalue weighted by molar-refractivity contribution is -0.386. The van der Waals surface area contributed by atoms with Crippen LogP contribution in [0.15, 0.2) is 29.8 Å². The van der Waals surface area contributed by atoms with Gasteiger partial charge in [0.15, 0.2) is 23.0 Å². The summed E-state index contributed by atoms with van der Waals surface area (Å²) in [5, 5.41) is 49.5. The zero-order valence-electron chi connectivity index (χ0n) is 12.8. The van der Waals surface area contributed by atoms with Gasteiger partial charge in [-0.2, -0.15) is 0 Å². The van der Waals surface area contributed by atoms with Gasteiger partial charge in [0.25, 0.3) is 0 Å². The topological polar surface area (TPSA) is 141 Å². The first kappa shape index (κ1) is 16.3. The summed E-state index contributed by atoms with van der Waals surface area (Å²) in [5.74, 6) is -2.88. The molecule has 1 aliphatic carbocycles. The van der Waals surface area contributed by atoms with E-state index < -0.39 is 27.9 Å². The van der Waals surface area contributed by atoms with Gasteiger partial charge in [-0.1, -0.05) is 6.07 Å². The van der Waals surface area contributed by atoms with Crippen molar-refractivity contribution in [2.45, 2.75) is 12.8 Å². The van der Waals surface area contributed by atoms with Crippen molar-refractivity contribution < 1.29 is 30.1 Å². The number of carbonyl (C=O) groups excluding carboxylic acids is 1. The predicted molar refractivity (Wildman–Crippen MR) is 86.8 cm³/mol. The summed E-state index contributed by atoms with van der Waals surface area (Å²) in [5.41, 5.74) is -0.0869. The number of aromatic hydroxyl groups is 4.